The Bertz CT molecular complexity index is 631. The van der Waals surface area contributed by atoms with E-state index >= 15 is 0 Å². The highest BCUT2D eigenvalue weighted by atomic mass is 32.2. The summed E-state index contributed by atoms with van der Waals surface area (Å²) in [6.45, 7) is 0.833. The molecule has 1 aliphatic carbocycles. The molecular formula is C17H22N2OS. The highest BCUT2D eigenvalue weighted by Gasteiger charge is 2.41. The fourth-order valence-corrected chi connectivity index (χ4v) is 3.45. The second-order valence-corrected chi connectivity index (χ2v) is 7.15. The molecule has 3 rings (SSSR count). The lowest BCUT2D eigenvalue weighted by Crippen LogP contribution is -2.31. The van der Waals surface area contributed by atoms with Crippen LogP contribution in [0.3, 0.4) is 0 Å². The molecule has 0 aliphatic heterocycles. The number of carbonyl (C=O) groups is 1. The van der Waals surface area contributed by atoms with Gasteiger partial charge in [-0.2, -0.15) is 11.8 Å². The van der Waals surface area contributed by atoms with Gasteiger partial charge < -0.3 is 10.3 Å². The van der Waals surface area contributed by atoms with Crippen LogP contribution in [0.2, 0.25) is 0 Å². The Morgan fingerprint density at radius 1 is 1.38 bits per heavy atom. The molecule has 2 aromatic rings. The van der Waals surface area contributed by atoms with Gasteiger partial charge in [0, 0.05) is 34.8 Å². The summed E-state index contributed by atoms with van der Waals surface area (Å²) in [4.78, 5) is 15.2. The molecular weight excluding hydrogens is 280 g/mol. The van der Waals surface area contributed by atoms with Gasteiger partial charge in [0.05, 0.1) is 0 Å². The van der Waals surface area contributed by atoms with E-state index in [9.17, 15) is 4.79 Å². The number of hydrogen-bond donors (Lipinski definition) is 2. The third kappa shape index (κ3) is 3.43. The number of hydrogen-bond acceptors (Lipinski definition) is 2. The van der Waals surface area contributed by atoms with E-state index in [1.165, 1.54) is 29.3 Å². The van der Waals surface area contributed by atoms with Crippen molar-refractivity contribution in [3.05, 3.63) is 36.0 Å². The van der Waals surface area contributed by atoms with Crippen LogP contribution >= 0.6 is 11.8 Å². The normalized spacial score (nSPS) is 16.0. The summed E-state index contributed by atoms with van der Waals surface area (Å²) in [6.07, 6.45) is 9.15. The van der Waals surface area contributed by atoms with E-state index in [1.807, 2.05) is 17.8 Å². The van der Waals surface area contributed by atoms with Crippen LogP contribution in [0.1, 0.15) is 31.2 Å². The maximum atomic E-state index is 11.9. The van der Waals surface area contributed by atoms with Gasteiger partial charge in [0.1, 0.15) is 0 Å². The number of carbonyl (C=O) groups excluding carboxylic acids is 1. The average Bonchev–Trinajstić information content (AvgIpc) is 3.19. The molecule has 4 heteroatoms. The van der Waals surface area contributed by atoms with Crippen LogP contribution in [-0.4, -0.2) is 28.4 Å². The Hall–Kier alpha value is -1.42. The molecule has 3 nitrogen and oxygen atoms in total. The van der Waals surface area contributed by atoms with Crippen molar-refractivity contribution in [1.29, 1.82) is 0 Å². The van der Waals surface area contributed by atoms with Crippen molar-refractivity contribution in [2.24, 2.45) is 0 Å². The van der Waals surface area contributed by atoms with Gasteiger partial charge in [0.15, 0.2) is 0 Å². The van der Waals surface area contributed by atoms with Gasteiger partial charge in [-0.05, 0) is 43.6 Å². The largest absolute Gasteiger partial charge is 0.361 e. The number of H-pyrrole nitrogens is 1. The first kappa shape index (κ1) is 14.5. The molecule has 1 aromatic carbocycles. The summed E-state index contributed by atoms with van der Waals surface area (Å²) < 4.78 is 0.354. The number of nitrogens with one attached hydrogen (secondary N) is 2. The lowest BCUT2D eigenvalue weighted by atomic mass is 10.1. The minimum Gasteiger partial charge on any atom is -0.361 e. The van der Waals surface area contributed by atoms with Gasteiger partial charge >= 0.3 is 0 Å². The van der Waals surface area contributed by atoms with Crippen molar-refractivity contribution in [3.8, 4) is 0 Å². The maximum absolute atomic E-state index is 11.9. The zero-order valence-electron chi connectivity index (χ0n) is 12.4. The van der Waals surface area contributed by atoms with E-state index in [1.54, 1.807) is 0 Å². The van der Waals surface area contributed by atoms with E-state index < -0.39 is 0 Å². The monoisotopic (exact) mass is 302 g/mol. The minimum atomic E-state index is 0.190. The van der Waals surface area contributed by atoms with Gasteiger partial charge in [-0.1, -0.05) is 18.2 Å². The number of rotatable bonds is 7. The number of para-hydroxylation sites is 1. The van der Waals surface area contributed by atoms with Crippen LogP contribution in [0.4, 0.5) is 0 Å². The van der Waals surface area contributed by atoms with Crippen LogP contribution in [0.25, 0.3) is 10.9 Å². The first-order valence-electron chi connectivity index (χ1n) is 7.59. The van der Waals surface area contributed by atoms with Crippen molar-refractivity contribution in [3.63, 3.8) is 0 Å². The lowest BCUT2D eigenvalue weighted by molar-refractivity contribution is -0.121. The summed E-state index contributed by atoms with van der Waals surface area (Å²) in [5, 5.41) is 4.36. The molecule has 112 valence electrons. The highest BCUT2D eigenvalue weighted by molar-refractivity contribution is 8.00. The molecule has 21 heavy (non-hydrogen) atoms. The molecule has 1 amide bonds. The van der Waals surface area contributed by atoms with Crippen molar-refractivity contribution >= 4 is 28.6 Å². The number of benzene rings is 1. The SMILES string of the molecule is CSC1(CNC(=O)CCCc2c[nH]c3ccccc23)CC1. The molecule has 0 bridgehead atoms. The standard InChI is InChI=1S/C17H22N2OS/c1-21-17(9-10-17)12-19-16(20)8-4-5-13-11-18-15-7-3-2-6-14(13)15/h2-3,6-7,11,18H,4-5,8-10,12H2,1H3,(H,19,20). The van der Waals surface area contributed by atoms with Crippen molar-refractivity contribution in [2.75, 3.05) is 12.8 Å². The molecule has 0 radical (unpaired) electrons. The maximum Gasteiger partial charge on any atom is 0.220 e. The second-order valence-electron chi connectivity index (χ2n) is 5.88. The van der Waals surface area contributed by atoms with Crippen molar-refractivity contribution < 1.29 is 4.79 Å². The Balaban J connectivity index is 1.44. The number of amides is 1. The topological polar surface area (TPSA) is 44.9 Å². The number of thioether (sulfide) groups is 1. The summed E-state index contributed by atoms with van der Waals surface area (Å²) in [5.41, 5.74) is 2.48. The Morgan fingerprint density at radius 3 is 2.95 bits per heavy atom. The Kier molecular flexibility index (Phi) is 4.24. The quantitative estimate of drug-likeness (QED) is 0.822. The third-order valence-electron chi connectivity index (χ3n) is 4.37. The summed E-state index contributed by atoms with van der Waals surface area (Å²) in [7, 11) is 0. The fourth-order valence-electron chi connectivity index (χ4n) is 2.72. The first-order chi connectivity index (χ1) is 10.2. The van der Waals surface area contributed by atoms with Crippen molar-refractivity contribution in [2.45, 2.75) is 36.9 Å². The smallest absolute Gasteiger partial charge is 0.220 e. The lowest BCUT2D eigenvalue weighted by Gasteiger charge is -2.12. The molecule has 0 spiro atoms. The molecule has 1 fully saturated rings. The Labute approximate surface area is 129 Å². The minimum absolute atomic E-state index is 0.190. The van der Waals surface area contributed by atoms with Gasteiger partial charge in [-0.15, -0.1) is 0 Å². The summed E-state index contributed by atoms with van der Waals surface area (Å²) in [6, 6.07) is 8.32. The first-order valence-corrected chi connectivity index (χ1v) is 8.82. The van der Waals surface area contributed by atoms with E-state index in [-0.39, 0.29) is 5.91 Å². The zero-order valence-corrected chi connectivity index (χ0v) is 13.3. The Morgan fingerprint density at radius 2 is 2.19 bits per heavy atom. The van der Waals surface area contributed by atoms with Gasteiger partial charge in [0.2, 0.25) is 5.91 Å². The molecule has 0 atom stereocenters. The zero-order chi connectivity index (χ0) is 14.7. The van der Waals surface area contributed by atoms with Crippen LogP contribution in [0, 0.1) is 0 Å². The van der Waals surface area contributed by atoms with Crippen LogP contribution in [0.5, 0.6) is 0 Å². The molecule has 1 aliphatic rings. The second kappa shape index (κ2) is 6.14. The molecule has 0 unspecified atom stereocenters. The predicted octanol–water partition coefficient (Wildman–Crippen LogP) is 3.50. The molecule has 2 N–H and O–H groups in total. The van der Waals surface area contributed by atoms with Gasteiger partial charge in [-0.3, -0.25) is 4.79 Å². The summed E-state index contributed by atoms with van der Waals surface area (Å²) in [5.74, 6) is 0.190. The van der Waals surface area contributed by atoms with Crippen LogP contribution in [0.15, 0.2) is 30.5 Å². The molecule has 1 aromatic heterocycles. The average molecular weight is 302 g/mol. The predicted molar refractivity (Wildman–Crippen MR) is 89.7 cm³/mol. The number of aromatic amines is 1. The van der Waals surface area contributed by atoms with Crippen molar-refractivity contribution in [1.82, 2.24) is 10.3 Å². The molecule has 1 heterocycles. The van der Waals surface area contributed by atoms with Crippen LogP contribution < -0.4 is 5.32 Å². The number of aryl methyl sites for hydroxylation is 1. The number of fused-ring (bicyclic) bond motifs is 1. The van der Waals surface area contributed by atoms with Gasteiger partial charge in [-0.25, -0.2) is 0 Å². The summed E-state index contributed by atoms with van der Waals surface area (Å²) >= 11 is 1.88. The van der Waals surface area contributed by atoms with E-state index in [2.05, 4.69) is 41.0 Å². The highest BCUT2D eigenvalue weighted by Crippen LogP contribution is 2.46. The molecule has 1 saturated carbocycles. The van der Waals surface area contributed by atoms with Gasteiger partial charge in [0.25, 0.3) is 0 Å². The molecule has 0 saturated heterocycles. The number of aromatic nitrogens is 1. The fraction of sp³-hybridized carbons (Fsp3) is 0.471. The van der Waals surface area contributed by atoms with Crippen LogP contribution in [-0.2, 0) is 11.2 Å². The van der Waals surface area contributed by atoms with E-state index in [4.69, 9.17) is 0 Å². The third-order valence-corrected chi connectivity index (χ3v) is 5.79. The van der Waals surface area contributed by atoms with E-state index in [0.717, 1.165) is 19.4 Å². The van der Waals surface area contributed by atoms with E-state index in [0.29, 0.717) is 11.2 Å².